The molecule has 4 heterocycles. The van der Waals surface area contributed by atoms with Gasteiger partial charge in [0.2, 0.25) is 0 Å². The van der Waals surface area contributed by atoms with E-state index in [-0.39, 0.29) is 17.5 Å². The number of hydrogen-bond acceptors (Lipinski definition) is 5. The van der Waals surface area contributed by atoms with Gasteiger partial charge in [0.05, 0.1) is 10.3 Å². The first-order chi connectivity index (χ1) is 13.0. The van der Waals surface area contributed by atoms with Crippen LogP contribution in [-0.2, 0) is 13.0 Å². The summed E-state index contributed by atoms with van der Waals surface area (Å²) in [7, 11) is 0. The molecule has 3 aliphatic rings. The van der Waals surface area contributed by atoms with Crippen molar-refractivity contribution in [2.75, 3.05) is 13.1 Å². The van der Waals surface area contributed by atoms with Gasteiger partial charge in [0.1, 0.15) is 10.7 Å². The third-order valence-corrected chi connectivity index (χ3v) is 7.98. The predicted octanol–water partition coefficient (Wildman–Crippen LogP) is 2.30. The second-order valence-electron chi connectivity index (χ2n) is 8.41. The fraction of sp³-hybridized carbons (Fsp3) is 0.650. The van der Waals surface area contributed by atoms with Gasteiger partial charge >= 0.3 is 0 Å². The number of nitrogens with zero attached hydrogens (tertiary/aromatic N) is 3. The van der Waals surface area contributed by atoms with Crippen molar-refractivity contribution in [3.8, 4) is 0 Å². The van der Waals surface area contributed by atoms with Crippen LogP contribution in [0.5, 0.6) is 0 Å². The van der Waals surface area contributed by atoms with Crippen molar-refractivity contribution >= 4 is 27.5 Å². The van der Waals surface area contributed by atoms with Crippen molar-refractivity contribution in [2.24, 2.45) is 17.6 Å². The molecule has 0 spiro atoms. The maximum absolute atomic E-state index is 13.2. The smallest absolute Gasteiger partial charge is 0.264 e. The minimum Gasteiger partial charge on any atom is -0.337 e. The minimum absolute atomic E-state index is 0.0324. The maximum atomic E-state index is 13.2. The van der Waals surface area contributed by atoms with E-state index in [0.29, 0.717) is 22.1 Å². The monoisotopic (exact) mass is 386 g/mol. The first-order valence-corrected chi connectivity index (χ1v) is 10.9. The van der Waals surface area contributed by atoms with Crippen LogP contribution < -0.4 is 11.3 Å². The van der Waals surface area contributed by atoms with E-state index in [9.17, 15) is 9.59 Å². The largest absolute Gasteiger partial charge is 0.337 e. The molecule has 2 aliphatic heterocycles. The van der Waals surface area contributed by atoms with Gasteiger partial charge < -0.3 is 10.6 Å². The van der Waals surface area contributed by atoms with E-state index in [0.717, 1.165) is 74.4 Å². The fourth-order valence-electron chi connectivity index (χ4n) is 5.23. The second kappa shape index (κ2) is 6.41. The van der Waals surface area contributed by atoms with Gasteiger partial charge in [-0.05, 0) is 50.0 Å². The lowest BCUT2D eigenvalue weighted by Crippen LogP contribution is -2.33. The summed E-state index contributed by atoms with van der Waals surface area (Å²) in [5, 5.41) is 0.644. The van der Waals surface area contributed by atoms with E-state index in [1.165, 1.54) is 11.3 Å². The normalized spacial score (nSPS) is 27.6. The molecular formula is C20H26N4O2S. The van der Waals surface area contributed by atoms with Crippen molar-refractivity contribution in [3.63, 3.8) is 0 Å². The Morgan fingerprint density at radius 3 is 2.89 bits per heavy atom. The molecule has 1 aliphatic carbocycles. The molecule has 27 heavy (non-hydrogen) atoms. The van der Waals surface area contributed by atoms with Crippen LogP contribution in [0.4, 0.5) is 0 Å². The van der Waals surface area contributed by atoms with Crippen LogP contribution in [0.15, 0.2) is 4.79 Å². The number of carbonyl (C=O) groups is 1. The van der Waals surface area contributed by atoms with Crippen molar-refractivity contribution in [2.45, 2.75) is 58.0 Å². The van der Waals surface area contributed by atoms with Gasteiger partial charge in [-0.2, -0.15) is 0 Å². The average Bonchev–Trinajstić information content (AvgIpc) is 3.25. The van der Waals surface area contributed by atoms with E-state index in [1.807, 2.05) is 16.4 Å². The number of aryl methyl sites for hydroxylation is 2. The molecule has 2 N–H and O–H groups in total. The molecule has 3 atom stereocenters. The number of rotatable bonds is 1. The Balaban J connectivity index is 1.53. The number of thiophene rings is 1. The lowest BCUT2D eigenvalue weighted by atomic mass is 9.98. The van der Waals surface area contributed by atoms with Crippen molar-refractivity contribution in [1.29, 1.82) is 0 Å². The van der Waals surface area contributed by atoms with Gasteiger partial charge in [-0.1, -0.05) is 6.42 Å². The molecule has 6 nitrogen and oxygen atoms in total. The topological polar surface area (TPSA) is 81.2 Å². The Labute approximate surface area is 162 Å². The van der Waals surface area contributed by atoms with Gasteiger partial charge in [-0.25, -0.2) is 4.98 Å². The highest BCUT2D eigenvalue weighted by Crippen LogP contribution is 2.39. The lowest BCUT2D eigenvalue weighted by Gasteiger charge is -2.18. The third-order valence-electron chi connectivity index (χ3n) is 6.81. The van der Waals surface area contributed by atoms with Crippen LogP contribution >= 0.6 is 11.3 Å². The zero-order chi connectivity index (χ0) is 18.7. The first-order valence-electron chi connectivity index (χ1n) is 10.1. The van der Waals surface area contributed by atoms with Crippen LogP contribution in [0, 0.1) is 18.8 Å². The Bertz CT molecular complexity index is 978. The van der Waals surface area contributed by atoms with Gasteiger partial charge in [-0.3, -0.25) is 14.2 Å². The van der Waals surface area contributed by atoms with Crippen molar-refractivity contribution < 1.29 is 4.79 Å². The van der Waals surface area contributed by atoms with Crippen LogP contribution in [0.3, 0.4) is 0 Å². The summed E-state index contributed by atoms with van der Waals surface area (Å²) in [5.41, 5.74) is 7.06. The van der Waals surface area contributed by atoms with Gasteiger partial charge in [0.25, 0.3) is 11.5 Å². The van der Waals surface area contributed by atoms with E-state index in [1.54, 1.807) is 0 Å². The molecule has 2 aromatic heterocycles. The minimum atomic E-state index is 0.0324. The molecule has 0 radical (unpaired) electrons. The van der Waals surface area contributed by atoms with Crippen LogP contribution in [0.2, 0.25) is 0 Å². The van der Waals surface area contributed by atoms with Gasteiger partial charge in [-0.15, -0.1) is 11.3 Å². The molecule has 5 rings (SSSR count). The van der Waals surface area contributed by atoms with Crippen LogP contribution in [0.25, 0.3) is 10.2 Å². The second-order valence-corrected chi connectivity index (χ2v) is 9.41. The van der Waals surface area contributed by atoms with Gasteiger partial charge in [0.15, 0.2) is 0 Å². The summed E-state index contributed by atoms with van der Waals surface area (Å²) in [6, 6.07) is 0.221. The lowest BCUT2D eigenvalue weighted by molar-refractivity contribution is 0.0784. The molecular weight excluding hydrogens is 360 g/mol. The summed E-state index contributed by atoms with van der Waals surface area (Å²) >= 11 is 1.39. The highest BCUT2D eigenvalue weighted by molar-refractivity contribution is 7.20. The number of likely N-dealkylation sites (tertiary alicyclic amines) is 1. The van der Waals surface area contributed by atoms with Crippen molar-refractivity contribution in [3.05, 3.63) is 26.6 Å². The SMILES string of the molecule is Cc1c(C(=O)N2CC3CCC(N)C3C2)sc2nc3n(c(=O)c12)CCCCC3. The van der Waals surface area contributed by atoms with Gasteiger partial charge in [0, 0.05) is 32.1 Å². The predicted molar refractivity (Wildman–Crippen MR) is 106 cm³/mol. The third kappa shape index (κ3) is 2.66. The summed E-state index contributed by atoms with van der Waals surface area (Å²) in [4.78, 5) is 34.5. The first kappa shape index (κ1) is 17.4. The number of aromatic nitrogens is 2. The molecule has 2 fully saturated rings. The summed E-state index contributed by atoms with van der Waals surface area (Å²) in [6.45, 7) is 4.19. The number of amides is 1. The number of carbonyl (C=O) groups excluding carboxylic acids is 1. The standard InChI is InChI=1S/C20H26N4O2S/c1-11-16-18(22-15-5-3-2-4-8-24(15)19(16)25)27-17(11)20(26)23-9-12-6-7-14(21)13(12)10-23/h12-14H,2-10,21H2,1H3. The molecule has 0 bridgehead atoms. The maximum Gasteiger partial charge on any atom is 0.264 e. The highest BCUT2D eigenvalue weighted by atomic mass is 32.1. The zero-order valence-electron chi connectivity index (χ0n) is 15.7. The molecule has 2 aromatic rings. The van der Waals surface area contributed by atoms with E-state index >= 15 is 0 Å². The Morgan fingerprint density at radius 2 is 2.07 bits per heavy atom. The number of hydrogen-bond donors (Lipinski definition) is 1. The highest BCUT2D eigenvalue weighted by Gasteiger charge is 2.43. The van der Waals surface area contributed by atoms with E-state index < -0.39 is 0 Å². The van der Waals surface area contributed by atoms with E-state index in [4.69, 9.17) is 10.7 Å². The Hall–Kier alpha value is -1.73. The quantitative estimate of drug-likeness (QED) is 0.815. The summed E-state index contributed by atoms with van der Waals surface area (Å²) in [6.07, 6.45) is 6.27. The Kier molecular flexibility index (Phi) is 4.13. The molecule has 1 saturated carbocycles. The van der Waals surface area contributed by atoms with Crippen LogP contribution in [-0.4, -0.2) is 39.5 Å². The molecule has 0 aromatic carbocycles. The average molecular weight is 387 g/mol. The fourth-order valence-corrected chi connectivity index (χ4v) is 6.39. The molecule has 3 unspecified atom stereocenters. The zero-order valence-corrected chi connectivity index (χ0v) is 16.6. The van der Waals surface area contributed by atoms with E-state index in [2.05, 4.69) is 0 Å². The molecule has 7 heteroatoms. The molecule has 1 saturated heterocycles. The van der Waals surface area contributed by atoms with Crippen molar-refractivity contribution in [1.82, 2.24) is 14.5 Å². The molecule has 144 valence electrons. The molecule has 1 amide bonds. The number of fused-ring (bicyclic) bond motifs is 3. The van der Waals surface area contributed by atoms with Crippen LogP contribution in [0.1, 0.15) is 53.2 Å². The number of nitrogens with two attached hydrogens (primary N) is 1. The summed E-state index contributed by atoms with van der Waals surface area (Å²) in [5.74, 6) is 1.91. The summed E-state index contributed by atoms with van der Waals surface area (Å²) < 4.78 is 1.84. The Morgan fingerprint density at radius 1 is 1.22 bits per heavy atom.